The smallest absolute Gasteiger partial charge is 0.226 e. The van der Waals surface area contributed by atoms with E-state index in [0.29, 0.717) is 12.0 Å². The van der Waals surface area contributed by atoms with Gasteiger partial charge < -0.3 is 4.90 Å². The van der Waals surface area contributed by atoms with Crippen molar-refractivity contribution in [2.24, 2.45) is 0 Å². The molecule has 1 rings (SSSR count). The Morgan fingerprint density at radius 3 is 2.87 bits per heavy atom. The van der Waals surface area contributed by atoms with Crippen LogP contribution in [0.25, 0.3) is 0 Å². The summed E-state index contributed by atoms with van der Waals surface area (Å²) in [4.78, 5) is 13.0. The summed E-state index contributed by atoms with van der Waals surface area (Å²) in [6, 6.07) is 0. The largest absolute Gasteiger partial charge is 0.319 e. The first-order valence-corrected chi connectivity index (χ1v) is 4.94. The van der Waals surface area contributed by atoms with E-state index in [0.717, 1.165) is 17.7 Å². The Hall–Kier alpha value is -1.38. The van der Waals surface area contributed by atoms with Crippen molar-refractivity contribution in [3.8, 4) is 0 Å². The molecule has 1 aliphatic rings. The highest BCUT2D eigenvalue weighted by Crippen LogP contribution is 2.22. The van der Waals surface area contributed by atoms with E-state index in [1.807, 2.05) is 13.0 Å². The normalized spacial score (nSPS) is 17.8. The molecule has 0 spiro atoms. The molecule has 0 radical (unpaired) electrons. The Labute approximate surface area is 89.8 Å². The van der Waals surface area contributed by atoms with E-state index in [1.54, 1.807) is 18.0 Å². The molecule has 0 fully saturated rings. The summed E-state index contributed by atoms with van der Waals surface area (Å²) in [5.74, 6) is 0.133. The van der Waals surface area contributed by atoms with E-state index in [1.165, 1.54) is 0 Å². The first kappa shape index (κ1) is 11.7. The van der Waals surface area contributed by atoms with Crippen LogP contribution in [0.5, 0.6) is 0 Å². The van der Waals surface area contributed by atoms with Gasteiger partial charge in [-0.1, -0.05) is 18.7 Å². The maximum absolute atomic E-state index is 12.1. The lowest BCUT2D eigenvalue weighted by molar-refractivity contribution is -0.128. The quantitative estimate of drug-likeness (QED) is 0.654. The summed E-state index contributed by atoms with van der Waals surface area (Å²) in [6.07, 6.45) is 4.77. The van der Waals surface area contributed by atoms with E-state index >= 15 is 0 Å². The van der Waals surface area contributed by atoms with E-state index in [4.69, 9.17) is 0 Å². The molecule has 0 bridgehead atoms. The Balaban J connectivity index is 2.82. The zero-order chi connectivity index (χ0) is 11.4. The second-order valence-electron chi connectivity index (χ2n) is 3.69. The lowest BCUT2D eigenvalue weighted by Gasteiger charge is -2.25. The van der Waals surface area contributed by atoms with Gasteiger partial charge in [-0.05, 0) is 24.5 Å². The number of carbonyl (C=O) groups is 1. The molecule has 0 saturated heterocycles. The highest BCUT2D eigenvalue weighted by atomic mass is 19.1. The number of allylic oxidation sites excluding steroid dienone is 5. The molecule has 0 aromatic carbocycles. The van der Waals surface area contributed by atoms with Gasteiger partial charge in [0.15, 0.2) is 0 Å². The Morgan fingerprint density at radius 1 is 1.60 bits per heavy atom. The van der Waals surface area contributed by atoms with Gasteiger partial charge in [0.25, 0.3) is 0 Å². The monoisotopic (exact) mass is 209 g/mol. The van der Waals surface area contributed by atoms with Crippen molar-refractivity contribution in [1.82, 2.24) is 4.90 Å². The fourth-order valence-corrected chi connectivity index (χ4v) is 1.46. The molecule has 82 valence electrons. The predicted molar refractivity (Wildman–Crippen MR) is 59.0 cm³/mol. The fraction of sp³-hybridized carbons (Fsp3) is 0.417. The lowest BCUT2D eigenvalue weighted by Crippen LogP contribution is -2.29. The van der Waals surface area contributed by atoms with Crippen LogP contribution in [0.2, 0.25) is 0 Å². The number of hydrogen-bond acceptors (Lipinski definition) is 1. The van der Waals surface area contributed by atoms with Gasteiger partial charge in [0.05, 0.1) is 0 Å². The van der Waals surface area contributed by atoms with Crippen LogP contribution in [0.1, 0.15) is 19.8 Å². The summed E-state index contributed by atoms with van der Waals surface area (Å²) >= 11 is 0. The summed E-state index contributed by atoms with van der Waals surface area (Å²) in [7, 11) is 1.76. The average molecular weight is 209 g/mol. The molecule has 2 nitrogen and oxygen atoms in total. The van der Waals surface area contributed by atoms with Crippen molar-refractivity contribution < 1.29 is 9.18 Å². The van der Waals surface area contributed by atoms with Crippen molar-refractivity contribution in [3.63, 3.8) is 0 Å². The van der Waals surface area contributed by atoms with Gasteiger partial charge in [0.1, 0.15) is 6.67 Å². The fourth-order valence-electron chi connectivity index (χ4n) is 1.46. The van der Waals surface area contributed by atoms with Crippen LogP contribution in [0.4, 0.5) is 4.39 Å². The molecule has 0 aromatic rings. The van der Waals surface area contributed by atoms with Gasteiger partial charge in [-0.2, -0.15) is 0 Å². The molecule has 0 aliphatic carbocycles. The number of amides is 1. The number of hydrogen-bond donors (Lipinski definition) is 0. The summed E-state index contributed by atoms with van der Waals surface area (Å²) in [6.45, 7) is 4.92. The molecule has 0 saturated carbocycles. The Bertz CT molecular complexity index is 342. The molecular weight excluding hydrogens is 193 g/mol. The third-order valence-electron chi connectivity index (χ3n) is 2.64. The van der Waals surface area contributed by atoms with Gasteiger partial charge in [0.2, 0.25) is 5.91 Å². The number of rotatable bonds is 3. The molecule has 3 heteroatoms. The minimum Gasteiger partial charge on any atom is -0.319 e. The number of carbonyl (C=O) groups excluding carboxylic acids is 1. The zero-order valence-corrected chi connectivity index (χ0v) is 9.22. The third-order valence-corrected chi connectivity index (χ3v) is 2.64. The molecule has 1 amide bonds. The zero-order valence-electron chi connectivity index (χ0n) is 9.22. The van der Waals surface area contributed by atoms with Crippen LogP contribution < -0.4 is 0 Å². The molecule has 0 aromatic heterocycles. The van der Waals surface area contributed by atoms with Crippen molar-refractivity contribution in [2.45, 2.75) is 19.8 Å². The second-order valence-corrected chi connectivity index (χ2v) is 3.69. The van der Waals surface area contributed by atoms with Crippen molar-refractivity contribution in [1.29, 1.82) is 0 Å². The standard InChI is InChI=1S/C12H16FNO/c1-9(8-13)4-5-11-6-7-12(15)14(3)10(11)2/h4-5H,1,6-8H2,2-3H3/b5-4-. The topological polar surface area (TPSA) is 20.3 Å². The highest BCUT2D eigenvalue weighted by molar-refractivity contribution is 5.79. The number of halogens is 1. The molecule has 0 unspecified atom stereocenters. The van der Waals surface area contributed by atoms with E-state index in [2.05, 4.69) is 6.58 Å². The minimum atomic E-state index is -0.530. The molecule has 15 heavy (non-hydrogen) atoms. The van der Waals surface area contributed by atoms with Crippen LogP contribution in [-0.4, -0.2) is 24.5 Å². The van der Waals surface area contributed by atoms with Crippen LogP contribution in [0, 0.1) is 0 Å². The van der Waals surface area contributed by atoms with Crippen LogP contribution >= 0.6 is 0 Å². The number of nitrogens with zero attached hydrogens (tertiary/aromatic N) is 1. The van der Waals surface area contributed by atoms with Crippen molar-refractivity contribution in [2.75, 3.05) is 13.7 Å². The molecule has 1 heterocycles. The second kappa shape index (κ2) is 4.91. The van der Waals surface area contributed by atoms with E-state index in [9.17, 15) is 9.18 Å². The predicted octanol–water partition coefficient (Wildman–Crippen LogP) is 2.59. The first-order chi connectivity index (χ1) is 7.06. The lowest BCUT2D eigenvalue weighted by atomic mass is 10.0. The average Bonchev–Trinajstić information content (AvgIpc) is 2.24. The molecular formula is C12H16FNO. The molecule has 0 N–H and O–H groups in total. The highest BCUT2D eigenvalue weighted by Gasteiger charge is 2.18. The van der Waals surface area contributed by atoms with Crippen molar-refractivity contribution >= 4 is 5.91 Å². The van der Waals surface area contributed by atoms with E-state index in [-0.39, 0.29) is 5.91 Å². The third kappa shape index (κ3) is 2.78. The summed E-state index contributed by atoms with van der Waals surface area (Å²) < 4.78 is 12.1. The molecule has 0 atom stereocenters. The van der Waals surface area contributed by atoms with Crippen LogP contribution in [0.15, 0.2) is 35.6 Å². The van der Waals surface area contributed by atoms with Gasteiger partial charge >= 0.3 is 0 Å². The van der Waals surface area contributed by atoms with Gasteiger partial charge in [-0.15, -0.1) is 0 Å². The molecule has 1 aliphatic heterocycles. The van der Waals surface area contributed by atoms with Crippen LogP contribution in [-0.2, 0) is 4.79 Å². The summed E-state index contributed by atoms with van der Waals surface area (Å²) in [5, 5.41) is 0. The van der Waals surface area contributed by atoms with Gasteiger partial charge in [0, 0.05) is 19.2 Å². The Morgan fingerprint density at radius 2 is 2.27 bits per heavy atom. The van der Waals surface area contributed by atoms with Gasteiger partial charge in [-0.25, -0.2) is 4.39 Å². The number of alkyl halides is 1. The Kier molecular flexibility index (Phi) is 3.83. The SMILES string of the molecule is C=C(/C=C\C1=C(C)N(C)C(=O)CC1)CF. The van der Waals surface area contributed by atoms with Gasteiger partial charge in [-0.3, -0.25) is 4.79 Å². The minimum absolute atomic E-state index is 0.133. The van der Waals surface area contributed by atoms with E-state index < -0.39 is 6.67 Å². The van der Waals surface area contributed by atoms with Crippen LogP contribution in [0.3, 0.4) is 0 Å². The maximum Gasteiger partial charge on any atom is 0.226 e. The first-order valence-electron chi connectivity index (χ1n) is 4.94. The maximum atomic E-state index is 12.1. The van der Waals surface area contributed by atoms with Crippen molar-refractivity contribution in [3.05, 3.63) is 35.6 Å². The summed E-state index contributed by atoms with van der Waals surface area (Å²) in [5.41, 5.74) is 2.47.